The van der Waals surface area contributed by atoms with E-state index < -0.39 is 0 Å². The number of rotatable bonds is 1. The summed E-state index contributed by atoms with van der Waals surface area (Å²) in [7, 11) is 0. The van der Waals surface area contributed by atoms with Gasteiger partial charge < -0.3 is 0 Å². The lowest BCUT2D eigenvalue weighted by molar-refractivity contribution is 0.335. The Bertz CT molecular complexity index is 371. The van der Waals surface area contributed by atoms with Crippen LogP contribution >= 0.6 is 11.6 Å². The van der Waals surface area contributed by atoms with Crippen molar-refractivity contribution in [2.45, 2.75) is 33.1 Å². The van der Waals surface area contributed by atoms with E-state index in [1.54, 1.807) is 0 Å². The molecule has 0 nitrogen and oxygen atoms in total. The van der Waals surface area contributed by atoms with Gasteiger partial charge in [0.1, 0.15) is 0 Å². The topological polar surface area (TPSA) is 0 Å². The lowest BCUT2D eigenvalue weighted by atomic mass is 9.76. The molecule has 0 aromatic heterocycles. The van der Waals surface area contributed by atoms with Crippen LogP contribution in [0.1, 0.15) is 38.7 Å². The Morgan fingerprint density at radius 2 is 1.87 bits per heavy atom. The highest BCUT2D eigenvalue weighted by atomic mass is 35.5. The molecule has 15 heavy (non-hydrogen) atoms. The average molecular weight is 220 g/mol. The molecular weight excluding hydrogens is 204 g/mol. The van der Waals surface area contributed by atoms with Crippen LogP contribution in [0.5, 0.6) is 0 Å². The van der Waals surface area contributed by atoms with Crippen LogP contribution in [0.15, 0.2) is 24.3 Å². The van der Waals surface area contributed by atoms with Crippen LogP contribution in [0.25, 0.3) is 5.57 Å². The third-order valence-electron chi connectivity index (χ3n) is 2.99. The monoisotopic (exact) mass is 219 g/mol. The Kier molecular flexibility index (Phi) is 2.88. The first kappa shape index (κ1) is 10.8. The van der Waals surface area contributed by atoms with Gasteiger partial charge in [0.25, 0.3) is 0 Å². The Hall–Kier alpha value is -0.750. The van der Waals surface area contributed by atoms with E-state index in [-0.39, 0.29) is 0 Å². The van der Waals surface area contributed by atoms with Crippen LogP contribution in [-0.2, 0) is 0 Å². The summed E-state index contributed by atoms with van der Waals surface area (Å²) in [6.07, 6.45) is 6.92. The number of hydrogen-bond acceptors (Lipinski definition) is 0. The molecule has 1 radical (unpaired) electrons. The van der Waals surface area contributed by atoms with E-state index in [4.69, 9.17) is 11.6 Å². The first-order valence-electron chi connectivity index (χ1n) is 5.42. The van der Waals surface area contributed by atoms with Gasteiger partial charge in [0.05, 0.1) is 0 Å². The zero-order chi connectivity index (χ0) is 10.9. The quantitative estimate of drug-likeness (QED) is 0.640. The van der Waals surface area contributed by atoms with Crippen molar-refractivity contribution in [1.82, 2.24) is 0 Å². The minimum Gasteiger partial charge on any atom is -0.0843 e. The molecule has 0 N–H and O–H groups in total. The van der Waals surface area contributed by atoms with Crippen molar-refractivity contribution in [2.75, 3.05) is 0 Å². The fraction of sp³-hybridized carbons (Fsp3) is 0.429. The molecular formula is C14H16Cl. The Morgan fingerprint density at radius 3 is 2.47 bits per heavy atom. The number of hydrogen-bond donors (Lipinski definition) is 0. The van der Waals surface area contributed by atoms with Crippen molar-refractivity contribution < 1.29 is 0 Å². The molecule has 0 unspecified atom stereocenters. The molecule has 0 saturated heterocycles. The maximum Gasteiger partial charge on any atom is 0.0406 e. The molecule has 1 aromatic carbocycles. The molecule has 1 aromatic rings. The highest BCUT2D eigenvalue weighted by Gasteiger charge is 2.23. The van der Waals surface area contributed by atoms with Crippen LogP contribution in [0.4, 0.5) is 0 Å². The molecule has 1 aliphatic rings. The molecule has 0 atom stereocenters. The van der Waals surface area contributed by atoms with Gasteiger partial charge in [-0.15, -0.1) is 0 Å². The van der Waals surface area contributed by atoms with Crippen molar-refractivity contribution in [3.8, 4) is 0 Å². The summed E-state index contributed by atoms with van der Waals surface area (Å²) in [4.78, 5) is 0. The van der Waals surface area contributed by atoms with E-state index in [1.165, 1.54) is 17.6 Å². The summed E-state index contributed by atoms with van der Waals surface area (Å²) in [6.45, 7) is 4.65. The van der Waals surface area contributed by atoms with Gasteiger partial charge in [-0.3, -0.25) is 0 Å². The highest BCUT2D eigenvalue weighted by molar-refractivity contribution is 6.30. The first-order valence-corrected chi connectivity index (χ1v) is 5.80. The molecule has 1 heteroatoms. The lowest BCUT2D eigenvalue weighted by Gasteiger charge is -2.29. The molecule has 0 aliphatic heterocycles. The Morgan fingerprint density at radius 1 is 1.20 bits per heavy atom. The molecule has 0 heterocycles. The fourth-order valence-corrected chi connectivity index (χ4v) is 2.16. The Balaban J connectivity index is 2.24. The van der Waals surface area contributed by atoms with Gasteiger partial charge in [-0.05, 0) is 54.0 Å². The standard InChI is InChI=1S/C14H16Cl/c1-14(2)9-3-4-12(10-14)11-5-7-13(15)8-6-11/h5-8H,3,9-10H2,1-2H3. The number of allylic oxidation sites excluding steroid dienone is 2. The highest BCUT2D eigenvalue weighted by Crippen LogP contribution is 2.38. The molecule has 2 rings (SSSR count). The van der Waals surface area contributed by atoms with Crippen LogP contribution in [0, 0.1) is 11.5 Å². The van der Waals surface area contributed by atoms with Crippen LogP contribution in [0.2, 0.25) is 5.02 Å². The van der Waals surface area contributed by atoms with Crippen molar-refractivity contribution >= 4 is 17.2 Å². The molecule has 79 valence electrons. The lowest BCUT2D eigenvalue weighted by Crippen LogP contribution is -2.15. The largest absolute Gasteiger partial charge is 0.0843 e. The number of halogens is 1. The van der Waals surface area contributed by atoms with Crippen molar-refractivity contribution in [2.24, 2.45) is 5.41 Å². The molecule has 0 fully saturated rings. The van der Waals surface area contributed by atoms with Gasteiger partial charge >= 0.3 is 0 Å². The van der Waals surface area contributed by atoms with Gasteiger partial charge in [-0.2, -0.15) is 0 Å². The summed E-state index contributed by atoms with van der Waals surface area (Å²) in [5.41, 5.74) is 3.04. The van der Waals surface area contributed by atoms with Gasteiger partial charge in [0.15, 0.2) is 0 Å². The maximum atomic E-state index is 5.88. The molecule has 1 aliphatic carbocycles. The van der Waals surface area contributed by atoms with E-state index in [2.05, 4.69) is 32.1 Å². The second-order valence-electron chi connectivity index (χ2n) is 5.00. The van der Waals surface area contributed by atoms with Gasteiger partial charge in [-0.1, -0.05) is 37.6 Å². The summed E-state index contributed by atoms with van der Waals surface area (Å²) >= 11 is 5.88. The normalized spacial score (nSPS) is 19.8. The zero-order valence-corrected chi connectivity index (χ0v) is 10.1. The average Bonchev–Trinajstić information content (AvgIpc) is 2.17. The van der Waals surface area contributed by atoms with Crippen LogP contribution < -0.4 is 0 Å². The number of benzene rings is 1. The van der Waals surface area contributed by atoms with Gasteiger partial charge in [0.2, 0.25) is 0 Å². The molecule has 0 amide bonds. The minimum atomic E-state index is 0.417. The summed E-state index contributed by atoms with van der Waals surface area (Å²) in [5.74, 6) is 0. The van der Waals surface area contributed by atoms with Crippen molar-refractivity contribution in [3.05, 3.63) is 40.9 Å². The van der Waals surface area contributed by atoms with Gasteiger partial charge in [0, 0.05) is 5.02 Å². The third-order valence-corrected chi connectivity index (χ3v) is 3.24. The van der Waals surface area contributed by atoms with E-state index in [0.717, 1.165) is 17.9 Å². The first-order chi connectivity index (χ1) is 7.07. The smallest absolute Gasteiger partial charge is 0.0406 e. The predicted molar refractivity (Wildman–Crippen MR) is 65.7 cm³/mol. The molecule has 0 bridgehead atoms. The third kappa shape index (κ3) is 2.63. The van der Waals surface area contributed by atoms with Crippen LogP contribution in [-0.4, -0.2) is 0 Å². The maximum absolute atomic E-state index is 5.88. The molecule has 0 saturated carbocycles. The Labute approximate surface area is 97.0 Å². The SMILES string of the molecule is CC1(C)CC[C]=C(c2ccc(Cl)cc2)C1. The van der Waals surface area contributed by atoms with Crippen molar-refractivity contribution in [3.63, 3.8) is 0 Å². The minimum absolute atomic E-state index is 0.417. The second-order valence-corrected chi connectivity index (χ2v) is 5.44. The molecule has 0 spiro atoms. The van der Waals surface area contributed by atoms with Gasteiger partial charge in [-0.25, -0.2) is 0 Å². The van der Waals surface area contributed by atoms with E-state index in [0.29, 0.717) is 5.41 Å². The summed E-state index contributed by atoms with van der Waals surface area (Å²) in [5, 5.41) is 0.800. The zero-order valence-electron chi connectivity index (χ0n) is 9.31. The fourth-order valence-electron chi connectivity index (χ4n) is 2.04. The second kappa shape index (κ2) is 4.02. The summed E-state index contributed by atoms with van der Waals surface area (Å²) < 4.78 is 0. The van der Waals surface area contributed by atoms with Crippen molar-refractivity contribution in [1.29, 1.82) is 0 Å². The van der Waals surface area contributed by atoms with E-state index in [1.807, 2.05) is 12.1 Å². The van der Waals surface area contributed by atoms with E-state index >= 15 is 0 Å². The van der Waals surface area contributed by atoms with Crippen LogP contribution in [0.3, 0.4) is 0 Å². The van der Waals surface area contributed by atoms with E-state index in [9.17, 15) is 0 Å². The predicted octanol–water partition coefficient (Wildman–Crippen LogP) is 4.74. The summed E-state index contributed by atoms with van der Waals surface area (Å²) in [6, 6.07) is 8.08.